The van der Waals surface area contributed by atoms with E-state index in [4.69, 9.17) is 0 Å². The van der Waals surface area contributed by atoms with Gasteiger partial charge < -0.3 is 4.90 Å². The van der Waals surface area contributed by atoms with Gasteiger partial charge in [-0.3, -0.25) is 0 Å². The molecule has 222 valence electrons. The van der Waals surface area contributed by atoms with Gasteiger partial charge in [0.1, 0.15) is 0 Å². The zero-order valence-corrected chi connectivity index (χ0v) is 26.4. The van der Waals surface area contributed by atoms with Crippen LogP contribution >= 0.6 is 0 Å². The molecule has 6 aromatic carbocycles. The Kier molecular flexibility index (Phi) is 5.37. The average molecular weight is 608 g/mol. The molecule has 0 saturated carbocycles. The van der Waals surface area contributed by atoms with Crippen LogP contribution in [0.4, 0.5) is 17.1 Å². The lowest BCUT2D eigenvalue weighted by atomic mass is 9.37. The quantitative estimate of drug-likeness (QED) is 0.181. The predicted molar refractivity (Wildman–Crippen MR) is 203 cm³/mol. The highest BCUT2D eigenvalue weighted by atomic mass is 15.2. The first-order chi connectivity index (χ1) is 23.8. The van der Waals surface area contributed by atoms with E-state index in [1.54, 1.807) is 0 Å². The third-order valence-electron chi connectivity index (χ3n) is 11.2. The number of rotatable bonds is 3. The van der Waals surface area contributed by atoms with Crippen molar-refractivity contribution in [2.75, 3.05) is 4.90 Å². The number of hydrogen-bond donors (Lipinski definition) is 0. The lowest BCUT2D eigenvalue weighted by Gasteiger charge is -2.38. The molecular weight excluding hydrogens is 577 g/mol. The molecule has 3 aliphatic carbocycles. The molecule has 1 unspecified atom stereocenters. The van der Waals surface area contributed by atoms with Crippen LogP contribution in [0.1, 0.15) is 22.6 Å². The Morgan fingerprint density at radius 3 is 2.27 bits per heavy atom. The fraction of sp³-hybridized carbons (Fsp3) is 0.0435. The SMILES string of the molecule is C1=CC2=CCc3cc(N4c5ccccc5B5c6cc(-c7ccccc7-c7ccccc7)ccc6-c6cccc4c65)cc4c3C2C(=C1)C=C4. The fourth-order valence-electron chi connectivity index (χ4n) is 9.18. The largest absolute Gasteiger partial charge is 0.311 e. The highest BCUT2D eigenvalue weighted by Crippen LogP contribution is 2.49. The summed E-state index contributed by atoms with van der Waals surface area (Å²) in [5.41, 5.74) is 22.9. The number of allylic oxidation sites excluding steroid dienone is 7. The summed E-state index contributed by atoms with van der Waals surface area (Å²) < 4.78 is 0. The van der Waals surface area contributed by atoms with E-state index in [1.165, 1.54) is 94.7 Å². The topological polar surface area (TPSA) is 3.24 Å². The molecule has 48 heavy (non-hydrogen) atoms. The van der Waals surface area contributed by atoms with Gasteiger partial charge in [-0.1, -0.05) is 145 Å². The summed E-state index contributed by atoms with van der Waals surface area (Å²) >= 11 is 0. The van der Waals surface area contributed by atoms with Crippen molar-refractivity contribution in [3.05, 3.63) is 186 Å². The molecule has 0 bridgehead atoms. The lowest BCUT2D eigenvalue weighted by Crippen LogP contribution is -2.54. The van der Waals surface area contributed by atoms with E-state index in [0.717, 1.165) is 6.42 Å². The summed E-state index contributed by atoms with van der Waals surface area (Å²) in [6.07, 6.45) is 14.9. The van der Waals surface area contributed by atoms with E-state index in [2.05, 4.69) is 169 Å². The van der Waals surface area contributed by atoms with E-state index in [-0.39, 0.29) is 6.71 Å². The highest BCUT2D eigenvalue weighted by molar-refractivity contribution is 7.01. The minimum atomic E-state index is 0.186. The summed E-state index contributed by atoms with van der Waals surface area (Å²) in [7, 11) is 0. The van der Waals surface area contributed by atoms with Crippen molar-refractivity contribution in [3.8, 4) is 33.4 Å². The molecular formula is C46H30BN. The van der Waals surface area contributed by atoms with Crippen LogP contribution in [-0.4, -0.2) is 6.71 Å². The molecule has 0 spiro atoms. The average Bonchev–Trinajstić information content (AvgIpc) is 3.49. The van der Waals surface area contributed by atoms with Gasteiger partial charge in [-0.15, -0.1) is 0 Å². The first-order valence-electron chi connectivity index (χ1n) is 17.1. The monoisotopic (exact) mass is 607 g/mol. The zero-order chi connectivity index (χ0) is 31.3. The van der Waals surface area contributed by atoms with Gasteiger partial charge in [-0.2, -0.15) is 0 Å². The Bertz CT molecular complexity index is 2490. The molecule has 0 amide bonds. The second kappa shape index (κ2) is 9.83. The first kappa shape index (κ1) is 26.2. The minimum Gasteiger partial charge on any atom is -0.311 e. The smallest absolute Gasteiger partial charge is 0.248 e. The maximum absolute atomic E-state index is 2.54. The molecule has 2 aliphatic heterocycles. The molecule has 6 aromatic rings. The van der Waals surface area contributed by atoms with Crippen LogP contribution in [0, 0.1) is 0 Å². The Balaban J connectivity index is 1.09. The van der Waals surface area contributed by atoms with Gasteiger partial charge in [-0.05, 0) is 103 Å². The number of hydrogen-bond acceptors (Lipinski definition) is 1. The number of nitrogens with zero attached hydrogens (tertiary/aromatic N) is 1. The molecule has 0 aromatic heterocycles. The van der Waals surface area contributed by atoms with E-state index < -0.39 is 0 Å². The summed E-state index contributed by atoms with van der Waals surface area (Å²) in [5, 5.41) is 0. The van der Waals surface area contributed by atoms with Crippen molar-refractivity contribution in [1.29, 1.82) is 0 Å². The fourth-order valence-corrected chi connectivity index (χ4v) is 9.18. The Labute approximate surface area is 281 Å². The van der Waals surface area contributed by atoms with Gasteiger partial charge >= 0.3 is 0 Å². The number of para-hydroxylation sites is 1. The van der Waals surface area contributed by atoms with E-state index in [1.807, 2.05) is 0 Å². The molecule has 2 heteroatoms. The van der Waals surface area contributed by atoms with Gasteiger partial charge in [0.2, 0.25) is 6.71 Å². The van der Waals surface area contributed by atoms with Crippen LogP contribution in [0.5, 0.6) is 0 Å². The highest BCUT2D eigenvalue weighted by Gasteiger charge is 2.42. The maximum Gasteiger partial charge on any atom is 0.248 e. The second-order valence-electron chi connectivity index (χ2n) is 13.6. The van der Waals surface area contributed by atoms with Crippen molar-refractivity contribution in [1.82, 2.24) is 0 Å². The predicted octanol–water partition coefficient (Wildman–Crippen LogP) is 9.39. The van der Waals surface area contributed by atoms with Crippen molar-refractivity contribution < 1.29 is 0 Å². The second-order valence-corrected chi connectivity index (χ2v) is 13.6. The van der Waals surface area contributed by atoms with Crippen LogP contribution in [-0.2, 0) is 6.42 Å². The van der Waals surface area contributed by atoms with Crippen LogP contribution in [0.15, 0.2) is 169 Å². The van der Waals surface area contributed by atoms with Crippen LogP contribution < -0.4 is 21.3 Å². The van der Waals surface area contributed by atoms with Crippen molar-refractivity contribution in [3.63, 3.8) is 0 Å². The molecule has 1 atom stereocenters. The van der Waals surface area contributed by atoms with Crippen LogP contribution in [0.25, 0.3) is 39.5 Å². The minimum absolute atomic E-state index is 0.186. The van der Waals surface area contributed by atoms with Crippen LogP contribution in [0.3, 0.4) is 0 Å². The molecule has 0 saturated heterocycles. The molecule has 5 aliphatic rings. The Morgan fingerprint density at radius 2 is 1.35 bits per heavy atom. The molecule has 11 rings (SSSR count). The van der Waals surface area contributed by atoms with Gasteiger partial charge in [0.05, 0.1) is 0 Å². The molecule has 0 N–H and O–H groups in total. The Morgan fingerprint density at radius 1 is 0.562 bits per heavy atom. The van der Waals surface area contributed by atoms with Gasteiger partial charge in [0, 0.05) is 23.0 Å². The van der Waals surface area contributed by atoms with E-state index in [9.17, 15) is 0 Å². The first-order valence-corrected chi connectivity index (χ1v) is 17.1. The summed E-state index contributed by atoms with van der Waals surface area (Å²) in [4.78, 5) is 2.54. The number of anilines is 3. The normalized spacial score (nSPS) is 16.9. The third-order valence-corrected chi connectivity index (χ3v) is 11.2. The molecule has 1 nitrogen and oxygen atoms in total. The van der Waals surface area contributed by atoms with Gasteiger partial charge in [0.25, 0.3) is 0 Å². The van der Waals surface area contributed by atoms with Crippen molar-refractivity contribution in [2.45, 2.75) is 12.3 Å². The maximum atomic E-state index is 2.54. The summed E-state index contributed by atoms with van der Waals surface area (Å²) in [6, 6.07) is 47.7. The summed E-state index contributed by atoms with van der Waals surface area (Å²) in [5.74, 6) is 0.363. The number of benzene rings is 6. The Hall–Kier alpha value is -5.86. The van der Waals surface area contributed by atoms with Crippen LogP contribution in [0.2, 0.25) is 0 Å². The third kappa shape index (κ3) is 3.58. The van der Waals surface area contributed by atoms with E-state index in [0.29, 0.717) is 5.92 Å². The van der Waals surface area contributed by atoms with Crippen molar-refractivity contribution in [2.24, 2.45) is 0 Å². The molecule has 2 heterocycles. The van der Waals surface area contributed by atoms with E-state index >= 15 is 0 Å². The van der Waals surface area contributed by atoms with Gasteiger partial charge in [0.15, 0.2) is 0 Å². The molecule has 0 radical (unpaired) electrons. The van der Waals surface area contributed by atoms with Gasteiger partial charge in [-0.25, -0.2) is 0 Å². The standard InChI is InChI=1S/C46H30BN/c1-2-10-29(11-3-1)36-14-4-5-15-37(36)32-24-25-38-39-16-9-19-43-46(39)47(41(38)28-32)40-17-6-7-18-42(40)48(43)35-26-33-22-20-30-12-8-13-31-21-23-34(27-35)45(33)44(30)31/h1-22,24-28,44H,23H2. The van der Waals surface area contributed by atoms with Crippen molar-refractivity contribution >= 4 is 46.2 Å². The summed E-state index contributed by atoms with van der Waals surface area (Å²) in [6.45, 7) is 0.186. The molecule has 0 fully saturated rings. The lowest BCUT2D eigenvalue weighted by molar-refractivity contribution is 0.892. The number of fused-ring (bicyclic) bond motifs is 5. The zero-order valence-electron chi connectivity index (χ0n) is 26.4.